The number of hydrogen-bond donors (Lipinski definition) is 2. The molecule has 1 aromatic rings. The van der Waals surface area contributed by atoms with Gasteiger partial charge in [-0.05, 0) is 29.9 Å². The molecule has 0 aliphatic carbocycles. The van der Waals surface area contributed by atoms with Crippen molar-refractivity contribution in [1.82, 2.24) is 0 Å². The van der Waals surface area contributed by atoms with Gasteiger partial charge in [-0.25, -0.2) is 0 Å². The van der Waals surface area contributed by atoms with Gasteiger partial charge in [-0.3, -0.25) is 4.79 Å². The number of thiol groups is 1. The Morgan fingerprint density at radius 3 is 2.60 bits per heavy atom. The number of hydrogen-bond acceptors (Lipinski definition) is 2. The smallest absolute Gasteiger partial charge is 0.221 e. The molecule has 0 aromatic heterocycles. The van der Waals surface area contributed by atoms with E-state index in [-0.39, 0.29) is 5.91 Å². The number of carbonyl (C=O) groups excluding carboxylic acids is 1. The molecular formula is C12H15NOS. The van der Waals surface area contributed by atoms with E-state index in [1.807, 2.05) is 30.3 Å². The Hall–Kier alpha value is -1.22. The number of carbonyl (C=O) groups is 1. The molecule has 1 rings (SSSR count). The second-order valence-corrected chi connectivity index (χ2v) is 3.67. The second kappa shape index (κ2) is 6.30. The summed E-state index contributed by atoms with van der Waals surface area (Å²) in [4.78, 5) is 10.8. The maximum Gasteiger partial charge on any atom is 0.221 e. The molecule has 0 aliphatic heterocycles. The predicted molar refractivity (Wildman–Crippen MR) is 68.2 cm³/mol. The molecule has 0 bridgehead atoms. The maximum absolute atomic E-state index is 10.8. The fourth-order valence-corrected chi connectivity index (χ4v) is 1.32. The lowest BCUT2D eigenvalue weighted by molar-refractivity contribution is -0.114. The zero-order chi connectivity index (χ0) is 11.1. The monoisotopic (exact) mass is 221 g/mol. The summed E-state index contributed by atoms with van der Waals surface area (Å²) in [6.07, 6.45) is 5.10. The summed E-state index contributed by atoms with van der Waals surface area (Å²) in [5.74, 6) is 0.814. The Morgan fingerprint density at radius 1 is 1.40 bits per heavy atom. The summed E-state index contributed by atoms with van der Waals surface area (Å²) in [5.41, 5.74) is 1.96. The van der Waals surface area contributed by atoms with E-state index in [1.165, 1.54) is 6.92 Å². The summed E-state index contributed by atoms with van der Waals surface area (Å²) in [6, 6.07) is 7.73. The van der Waals surface area contributed by atoms with Gasteiger partial charge < -0.3 is 5.32 Å². The minimum atomic E-state index is -0.0478. The standard InChI is InChI=1S/C12H15NOS/c1-10(14)13-12-7-5-11(6-8-12)4-2-3-9-15/h2,4-8,15H,3,9H2,1H3,(H,13,14). The van der Waals surface area contributed by atoms with Crippen molar-refractivity contribution in [2.75, 3.05) is 11.1 Å². The van der Waals surface area contributed by atoms with E-state index in [4.69, 9.17) is 0 Å². The van der Waals surface area contributed by atoms with Crippen LogP contribution in [-0.4, -0.2) is 11.7 Å². The second-order valence-electron chi connectivity index (χ2n) is 3.22. The fourth-order valence-electron chi connectivity index (χ4n) is 1.17. The Labute approximate surface area is 95.8 Å². The van der Waals surface area contributed by atoms with Gasteiger partial charge in [0.2, 0.25) is 5.91 Å². The third-order valence-electron chi connectivity index (χ3n) is 1.84. The van der Waals surface area contributed by atoms with Crippen LogP contribution in [0.4, 0.5) is 5.69 Å². The largest absolute Gasteiger partial charge is 0.326 e. The van der Waals surface area contributed by atoms with Crippen molar-refractivity contribution in [3.63, 3.8) is 0 Å². The summed E-state index contributed by atoms with van der Waals surface area (Å²) in [5, 5.41) is 2.72. The molecule has 0 spiro atoms. The molecule has 3 heteroatoms. The zero-order valence-corrected chi connectivity index (χ0v) is 9.63. The van der Waals surface area contributed by atoms with Crippen LogP contribution in [0.15, 0.2) is 30.3 Å². The third kappa shape index (κ3) is 4.70. The van der Waals surface area contributed by atoms with Gasteiger partial charge in [0.1, 0.15) is 0 Å². The van der Waals surface area contributed by atoms with Gasteiger partial charge >= 0.3 is 0 Å². The molecule has 0 saturated carbocycles. The number of rotatable bonds is 4. The highest BCUT2D eigenvalue weighted by molar-refractivity contribution is 7.80. The highest BCUT2D eigenvalue weighted by Gasteiger charge is 1.93. The van der Waals surface area contributed by atoms with Crippen LogP contribution in [0.1, 0.15) is 18.9 Å². The first-order valence-corrected chi connectivity index (χ1v) is 5.50. The Bertz CT molecular complexity index is 343. The highest BCUT2D eigenvalue weighted by Crippen LogP contribution is 2.10. The molecule has 0 saturated heterocycles. The lowest BCUT2D eigenvalue weighted by atomic mass is 10.2. The predicted octanol–water partition coefficient (Wildman–Crippen LogP) is 2.98. The fraction of sp³-hybridized carbons (Fsp3) is 0.250. The molecule has 1 amide bonds. The highest BCUT2D eigenvalue weighted by atomic mass is 32.1. The molecule has 0 atom stereocenters. The van der Waals surface area contributed by atoms with E-state index in [0.29, 0.717) is 0 Å². The van der Waals surface area contributed by atoms with Crippen LogP contribution in [-0.2, 0) is 4.79 Å². The molecule has 0 heterocycles. The van der Waals surface area contributed by atoms with Crippen LogP contribution in [0.25, 0.3) is 6.08 Å². The Kier molecular flexibility index (Phi) is 4.98. The van der Waals surface area contributed by atoms with Gasteiger partial charge in [-0.15, -0.1) is 0 Å². The molecular weight excluding hydrogens is 206 g/mol. The van der Waals surface area contributed by atoms with E-state index in [9.17, 15) is 4.79 Å². The van der Waals surface area contributed by atoms with Crippen molar-refractivity contribution in [3.05, 3.63) is 35.9 Å². The van der Waals surface area contributed by atoms with Gasteiger partial charge in [0, 0.05) is 12.6 Å². The third-order valence-corrected chi connectivity index (χ3v) is 2.10. The molecule has 15 heavy (non-hydrogen) atoms. The lowest BCUT2D eigenvalue weighted by Gasteiger charge is -2.01. The van der Waals surface area contributed by atoms with Crippen LogP contribution >= 0.6 is 12.6 Å². The van der Waals surface area contributed by atoms with Crippen LogP contribution in [0.5, 0.6) is 0 Å². The van der Waals surface area contributed by atoms with E-state index in [2.05, 4.69) is 24.0 Å². The van der Waals surface area contributed by atoms with Gasteiger partial charge in [0.05, 0.1) is 0 Å². The molecule has 0 aliphatic rings. The lowest BCUT2D eigenvalue weighted by Crippen LogP contribution is -2.05. The molecule has 80 valence electrons. The quantitative estimate of drug-likeness (QED) is 0.752. The number of anilines is 1. The van der Waals surface area contributed by atoms with E-state index in [1.54, 1.807) is 0 Å². The summed E-state index contributed by atoms with van der Waals surface area (Å²) in [6.45, 7) is 1.50. The van der Waals surface area contributed by atoms with Gasteiger partial charge in [0.15, 0.2) is 0 Å². The van der Waals surface area contributed by atoms with Gasteiger partial charge in [-0.2, -0.15) is 12.6 Å². The average Bonchev–Trinajstić information content (AvgIpc) is 2.20. The van der Waals surface area contributed by atoms with Crippen molar-refractivity contribution in [2.24, 2.45) is 0 Å². The summed E-state index contributed by atoms with van der Waals surface area (Å²) >= 11 is 4.12. The van der Waals surface area contributed by atoms with Crippen LogP contribution < -0.4 is 5.32 Å². The molecule has 0 unspecified atom stereocenters. The molecule has 1 aromatic carbocycles. The topological polar surface area (TPSA) is 29.1 Å². The Balaban J connectivity index is 2.60. The van der Waals surface area contributed by atoms with E-state index >= 15 is 0 Å². The van der Waals surface area contributed by atoms with Crippen molar-refractivity contribution in [3.8, 4) is 0 Å². The zero-order valence-electron chi connectivity index (χ0n) is 8.73. The SMILES string of the molecule is CC(=O)Nc1ccc(C=CCCS)cc1. The van der Waals surface area contributed by atoms with E-state index < -0.39 is 0 Å². The molecule has 1 N–H and O–H groups in total. The number of nitrogens with one attached hydrogen (secondary N) is 1. The van der Waals surface area contributed by atoms with Crippen LogP contribution in [0, 0.1) is 0 Å². The van der Waals surface area contributed by atoms with Crippen molar-refractivity contribution in [1.29, 1.82) is 0 Å². The van der Waals surface area contributed by atoms with Crippen LogP contribution in [0.3, 0.4) is 0 Å². The molecule has 0 radical (unpaired) electrons. The van der Waals surface area contributed by atoms with E-state index in [0.717, 1.165) is 23.4 Å². The molecule has 2 nitrogen and oxygen atoms in total. The molecule has 0 fully saturated rings. The minimum Gasteiger partial charge on any atom is -0.326 e. The first-order chi connectivity index (χ1) is 7.22. The average molecular weight is 221 g/mol. The minimum absolute atomic E-state index is 0.0478. The van der Waals surface area contributed by atoms with Gasteiger partial charge in [0.25, 0.3) is 0 Å². The summed E-state index contributed by atoms with van der Waals surface area (Å²) < 4.78 is 0. The summed E-state index contributed by atoms with van der Waals surface area (Å²) in [7, 11) is 0. The van der Waals surface area contributed by atoms with Crippen molar-refractivity contribution >= 4 is 30.3 Å². The van der Waals surface area contributed by atoms with Gasteiger partial charge in [-0.1, -0.05) is 24.3 Å². The van der Waals surface area contributed by atoms with Crippen molar-refractivity contribution in [2.45, 2.75) is 13.3 Å². The first-order valence-electron chi connectivity index (χ1n) is 4.87. The normalized spacial score (nSPS) is 10.5. The van der Waals surface area contributed by atoms with Crippen LogP contribution in [0.2, 0.25) is 0 Å². The maximum atomic E-state index is 10.8. The van der Waals surface area contributed by atoms with Crippen molar-refractivity contribution < 1.29 is 4.79 Å². The number of allylic oxidation sites excluding steroid dienone is 1. The first kappa shape index (κ1) is 11.9. The number of benzene rings is 1. The Morgan fingerprint density at radius 2 is 2.07 bits per heavy atom. The number of amides is 1.